The molecule has 1 unspecified atom stereocenters. The fourth-order valence-electron chi connectivity index (χ4n) is 2.89. The Morgan fingerprint density at radius 1 is 1.36 bits per heavy atom. The van der Waals surface area contributed by atoms with Gasteiger partial charge in [0, 0.05) is 17.5 Å². The molecular formula is C11H15NO2. The first-order valence-corrected chi connectivity index (χ1v) is 5.20. The van der Waals surface area contributed by atoms with Gasteiger partial charge in [0.05, 0.1) is 12.5 Å². The summed E-state index contributed by atoms with van der Waals surface area (Å²) in [5, 5.41) is 10.6. The molecule has 3 heteroatoms. The van der Waals surface area contributed by atoms with Gasteiger partial charge in [-0.25, -0.2) is 0 Å². The van der Waals surface area contributed by atoms with Crippen LogP contribution in [0.5, 0.6) is 0 Å². The van der Waals surface area contributed by atoms with Gasteiger partial charge in [0.15, 0.2) is 0 Å². The number of aryl methyl sites for hydroxylation is 1. The molecule has 1 atom stereocenters. The molecule has 0 aromatic carbocycles. The molecule has 76 valence electrons. The fraction of sp³-hybridized carbons (Fsp3) is 0.636. The molecule has 3 rings (SSSR count). The molecule has 14 heavy (non-hydrogen) atoms. The largest absolute Gasteiger partial charge is 0.472 e. The molecular weight excluding hydrogens is 178 g/mol. The van der Waals surface area contributed by atoms with E-state index in [1.54, 1.807) is 12.5 Å². The van der Waals surface area contributed by atoms with Crippen LogP contribution in [0.4, 0.5) is 0 Å². The smallest absolute Gasteiger partial charge is 0.111 e. The molecule has 1 saturated carbocycles. The van der Waals surface area contributed by atoms with Gasteiger partial charge < -0.3 is 15.3 Å². The number of rotatable bonds is 1. The van der Waals surface area contributed by atoms with Crippen molar-refractivity contribution in [1.82, 2.24) is 0 Å². The molecule has 0 radical (unpaired) electrons. The molecule has 2 aliphatic rings. The summed E-state index contributed by atoms with van der Waals surface area (Å²) in [4.78, 5) is 0. The lowest BCUT2D eigenvalue weighted by molar-refractivity contribution is -0.0420. The maximum atomic E-state index is 10.6. The molecule has 2 aliphatic carbocycles. The predicted molar refractivity (Wildman–Crippen MR) is 51.6 cm³/mol. The molecule has 1 heterocycles. The molecule has 0 bridgehead atoms. The van der Waals surface area contributed by atoms with E-state index in [0.717, 1.165) is 36.8 Å². The minimum absolute atomic E-state index is 0.0681. The minimum atomic E-state index is -0.826. The maximum Gasteiger partial charge on any atom is 0.111 e. The van der Waals surface area contributed by atoms with Gasteiger partial charge >= 0.3 is 0 Å². The molecule has 1 spiro atoms. The van der Waals surface area contributed by atoms with Crippen LogP contribution in [0.25, 0.3) is 0 Å². The van der Waals surface area contributed by atoms with Crippen molar-refractivity contribution in [2.24, 2.45) is 11.1 Å². The average Bonchev–Trinajstić information content (AvgIpc) is 2.82. The Hall–Kier alpha value is -0.800. The summed E-state index contributed by atoms with van der Waals surface area (Å²) in [5.41, 5.74) is 7.05. The van der Waals surface area contributed by atoms with Crippen LogP contribution in [0.15, 0.2) is 16.9 Å². The van der Waals surface area contributed by atoms with E-state index in [1.807, 2.05) is 0 Å². The number of furan rings is 1. The van der Waals surface area contributed by atoms with Gasteiger partial charge in [-0.3, -0.25) is 0 Å². The Kier molecular flexibility index (Phi) is 1.46. The highest BCUT2D eigenvalue weighted by atomic mass is 16.3. The monoisotopic (exact) mass is 193 g/mol. The maximum absolute atomic E-state index is 10.6. The number of hydrogen-bond donors (Lipinski definition) is 2. The first kappa shape index (κ1) is 8.50. The fourth-order valence-corrected chi connectivity index (χ4v) is 2.89. The minimum Gasteiger partial charge on any atom is -0.472 e. The SMILES string of the molecule is NCC1(O)c2cocc2CCC12CC2. The molecule has 0 amide bonds. The van der Waals surface area contributed by atoms with E-state index in [0.29, 0.717) is 6.54 Å². The van der Waals surface area contributed by atoms with Gasteiger partial charge in [0.1, 0.15) is 5.60 Å². The summed E-state index contributed by atoms with van der Waals surface area (Å²) in [5.74, 6) is 0. The third-order valence-corrected chi connectivity index (χ3v) is 4.09. The molecule has 0 aliphatic heterocycles. The first-order valence-electron chi connectivity index (χ1n) is 5.20. The van der Waals surface area contributed by atoms with Crippen molar-refractivity contribution in [1.29, 1.82) is 0 Å². The zero-order chi connectivity index (χ0) is 9.81. The van der Waals surface area contributed by atoms with E-state index in [9.17, 15) is 5.11 Å². The van der Waals surface area contributed by atoms with Crippen molar-refractivity contribution in [2.75, 3.05) is 6.54 Å². The highest BCUT2D eigenvalue weighted by Gasteiger charge is 2.61. The van der Waals surface area contributed by atoms with Crippen LogP contribution in [0.3, 0.4) is 0 Å². The van der Waals surface area contributed by atoms with Gasteiger partial charge in [-0.05, 0) is 31.2 Å². The third-order valence-electron chi connectivity index (χ3n) is 4.09. The molecule has 3 nitrogen and oxygen atoms in total. The Balaban J connectivity index is 2.15. The second-order valence-corrected chi connectivity index (χ2v) is 4.66. The lowest BCUT2D eigenvalue weighted by Crippen LogP contribution is -2.46. The molecule has 3 N–H and O–H groups in total. The van der Waals surface area contributed by atoms with Crippen LogP contribution >= 0.6 is 0 Å². The topological polar surface area (TPSA) is 59.4 Å². The Morgan fingerprint density at radius 2 is 2.14 bits per heavy atom. The van der Waals surface area contributed by atoms with Crippen molar-refractivity contribution in [3.05, 3.63) is 23.7 Å². The van der Waals surface area contributed by atoms with E-state index < -0.39 is 5.60 Å². The summed E-state index contributed by atoms with van der Waals surface area (Å²) in [6.07, 6.45) is 7.69. The van der Waals surface area contributed by atoms with Gasteiger partial charge in [-0.15, -0.1) is 0 Å². The number of fused-ring (bicyclic) bond motifs is 1. The lowest BCUT2D eigenvalue weighted by atomic mass is 9.70. The van der Waals surface area contributed by atoms with E-state index in [-0.39, 0.29) is 5.41 Å². The summed E-state index contributed by atoms with van der Waals surface area (Å²) in [6.45, 7) is 0.305. The highest BCUT2D eigenvalue weighted by Crippen LogP contribution is 2.63. The molecule has 1 aromatic heterocycles. The van der Waals surface area contributed by atoms with E-state index in [4.69, 9.17) is 10.2 Å². The van der Waals surface area contributed by atoms with Crippen LogP contribution in [-0.4, -0.2) is 11.7 Å². The molecule has 1 fully saturated rings. The number of hydrogen-bond acceptors (Lipinski definition) is 3. The van der Waals surface area contributed by atoms with E-state index in [1.165, 1.54) is 0 Å². The van der Waals surface area contributed by atoms with Crippen molar-refractivity contribution >= 4 is 0 Å². The Bertz CT molecular complexity index is 367. The summed E-state index contributed by atoms with van der Waals surface area (Å²) in [7, 11) is 0. The van der Waals surface area contributed by atoms with Crippen molar-refractivity contribution in [3.63, 3.8) is 0 Å². The standard InChI is InChI=1S/C11H15NO2/c12-7-11(13)9-6-14-5-8(9)1-2-10(11)3-4-10/h5-6,13H,1-4,7,12H2. The van der Waals surface area contributed by atoms with E-state index >= 15 is 0 Å². The van der Waals surface area contributed by atoms with Gasteiger partial charge in [0.25, 0.3) is 0 Å². The van der Waals surface area contributed by atoms with Crippen LogP contribution in [0.2, 0.25) is 0 Å². The summed E-state index contributed by atoms with van der Waals surface area (Å²) < 4.78 is 5.17. The summed E-state index contributed by atoms with van der Waals surface area (Å²) in [6, 6.07) is 0. The normalized spacial score (nSPS) is 33.0. The first-order chi connectivity index (χ1) is 6.72. The van der Waals surface area contributed by atoms with Crippen molar-refractivity contribution in [2.45, 2.75) is 31.3 Å². The molecule has 1 aromatic rings. The lowest BCUT2D eigenvalue weighted by Gasteiger charge is -2.39. The van der Waals surface area contributed by atoms with Gasteiger partial charge in [0.2, 0.25) is 0 Å². The quantitative estimate of drug-likeness (QED) is 0.703. The zero-order valence-corrected chi connectivity index (χ0v) is 8.12. The Morgan fingerprint density at radius 3 is 2.79 bits per heavy atom. The third kappa shape index (κ3) is 0.799. The van der Waals surface area contributed by atoms with Gasteiger partial charge in [-0.2, -0.15) is 0 Å². The van der Waals surface area contributed by atoms with E-state index in [2.05, 4.69) is 0 Å². The van der Waals surface area contributed by atoms with Crippen LogP contribution in [0, 0.1) is 5.41 Å². The zero-order valence-electron chi connectivity index (χ0n) is 8.12. The highest BCUT2D eigenvalue weighted by molar-refractivity contribution is 5.36. The van der Waals surface area contributed by atoms with Gasteiger partial charge in [-0.1, -0.05) is 0 Å². The van der Waals surface area contributed by atoms with Crippen LogP contribution < -0.4 is 5.73 Å². The Labute approximate surface area is 82.9 Å². The second kappa shape index (κ2) is 2.41. The average molecular weight is 193 g/mol. The van der Waals surface area contributed by atoms with Crippen LogP contribution in [-0.2, 0) is 12.0 Å². The van der Waals surface area contributed by atoms with Crippen molar-refractivity contribution < 1.29 is 9.52 Å². The van der Waals surface area contributed by atoms with Crippen molar-refractivity contribution in [3.8, 4) is 0 Å². The molecule has 0 saturated heterocycles. The summed E-state index contributed by atoms with van der Waals surface area (Å²) >= 11 is 0. The number of aliphatic hydroxyl groups is 1. The second-order valence-electron chi connectivity index (χ2n) is 4.66. The number of nitrogens with two attached hydrogens (primary N) is 1. The van der Waals surface area contributed by atoms with Crippen LogP contribution in [0.1, 0.15) is 30.4 Å². The predicted octanol–water partition coefficient (Wildman–Crippen LogP) is 1.15.